The number of hydrogen-bond acceptors (Lipinski definition) is 3. The molecule has 0 aliphatic carbocycles. The van der Waals surface area contributed by atoms with Crippen molar-refractivity contribution in [3.05, 3.63) is 0 Å². The smallest absolute Gasteiger partial charge is 0.308 e. The average molecular weight is 298 g/mol. The maximum absolute atomic E-state index is 12.5. The van der Waals surface area contributed by atoms with Crippen LogP contribution in [0.2, 0.25) is 0 Å². The molecule has 6 nitrogen and oxygen atoms in total. The van der Waals surface area contributed by atoms with E-state index in [-0.39, 0.29) is 18.4 Å². The van der Waals surface area contributed by atoms with Crippen LogP contribution in [0.4, 0.5) is 0 Å². The van der Waals surface area contributed by atoms with Gasteiger partial charge in [0.05, 0.1) is 5.92 Å². The number of likely N-dealkylation sites (N-methyl/N-ethyl adjacent to an activating group) is 1. The van der Waals surface area contributed by atoms with E-state index < -0.39 is 23.3 Å². The van der Waals surface area contributed by atoms with Crippen LogP contribution in [0.15, 0.2) is 0 Å². The van der Waals surface area contributed by atoms with Gasteiger partial charge in [0.2, 0.25) is 11.8 Å². The van der Waals surface area contributed by atoms with Gasteiger partial charge < -0.3 is 14.9 Å². The highest BCUT2D eigenvalue weighted by molar-refractivity contribution is 5.90. The number of aliphatic carboxylic acids is 1. The van der Waals surface area contributed by atoms with Crippen LogP contribution in [0.25, 0.3) is 0 Å². The molecule has 2 amide bonds. The average Bonchev–Trinajstić information content (AvgIpc) is 2.84. The van der Waals surface area contributed by atoms with Crippen molar-refractivity contribution in [1.82, 2.24) is 9.80 Å². The minimum atomic E-state index is -0.927. The van der Waals surface area contributed by atoms with Crippen molar-refractivity contribution in [3.8, 4) is 0 Å². The number of likely N-dealkylation sites (tertiary alicyclic amines) is 1. The van der Waals surface area contributed by atoms with Crippen LogP contribution in [0, 0.1) is 11.3 Å². The lowest BCUT2D eigenvalue weighted by Gasteiger charge is -2.32. The Kier molecular flexibility index (Phi) is 5.36. The number of nitrogens with zero attached hydrogens (tertiary/aromatic N) is 2. The van der Waals surface area contributed by atoms with Crippen LogP contribution >= 0.6 is 0 Å². The second-order valence-corrected chi connectivity index (χ2v) is 6.86. The van der Waals surface area contributed by atoms with Crippen LogP contribution in [-0.2, 0) is 14.4 Å². The number of carbonyl (C=O) groups is 3. The molecule has 0 aromatic rings. The maximum Gasteiger partial charge on any atom is 0.308 e. The summed E-state index contributed by atoms with van der Waals surface area (Å²) >= 11 is 0. The Bertz CT molecular complexity index is 428. The lowest BCUT2D eigenvalue weighted by molar-refractivity contribution is -0.149. The molecule has 0 saturated carbocycles. The molecule has 0 aromatic carbocycles. The summed E-state index contributed by atoms with van der Waals surface area (Å²) < 4.78 is 0. The Hall–Kier alpha value is -1.59. The van der Waals surface area contributed by atoms with Gasteiger partial charge in [-0.1, -0.05) is 27.7 Å². The summed E-state index contributed by atoms with van der Waals surface area (Å²) in [7, 11) is 1.60. The van der Waals surface area contributed by atoms with E-state index in [2.05, 4.69) is 0 Å². The molecule has 1 fully saturated rings. The molecule has 1 rings (SSSR count). The van der Waals surface area contributed by atoms with Gasteiger partial charge >= 0.3 is 5.97 Å². The summed E-state index contributed by atoms with van der Waals surface area (Å²) in [6.07, 6.45) is 1.45. The number of carboxylic acids is 1. The molecule has 1 heterocycles. The van der Waals surface area contributed by atoms with Crippen molar-refractivity contribution >= 4 is 17.8 Å². The van der Waals surface area contributed by atoms with Crippen LogP contribution < -0.4 is 0 Å². The number of rotatable bonds is 4. The van der Waals surface area contributed by atoms with Crippen molar-refractivity contribution in [2.45, 2.75) is 46.6 Å². The van der Waals surface area contributed by atoms with E-state index in [4.69, 9.17) is 5.11 Å². The second kappa shape index (κ2) is 6.45. The van der Waals surface area contributed by atoms with Crippen molar-refractivity contribution in [2.24, 2.45) is 11.3 Å². The molecule has 6 heteroatoms. The first-order valence-corrected chi connectivity index (χ1v) is 7.34. The fraction of sp³-hybridized carbons (Fsp3) is 0.800. The van der Waals surface area contributed by atoms with Crippen molar-refractivity contribution in [2.75, 3.05) is 20.1 Å². The van der Waals surface area contributed by atoms with Crippen LogP contribution in [0.1, 0.15) is 40.5 Å². The van der Waals surface area contributed by atoms with Crippen LogP contribution in [0.3, 0.4) is 0 Å². The first-order chi connectivity index (χ1) is 9.55. The van der Waals surface area contributed by atoms with Gasteiger partial charge in [-0.15, -0.1) is 0 Å². The Morgan fingerprint density at radius 3 is 2.38 bits per heavy atom. The van der Waals surface area contributed by atoms with Crippen molar-refractivity contribution < 1.29 is 19.5 Å². The summed E-state index contributed by atoms with van der Waals surface area (Å²) in [4.78, 5) is 38.8. The molecule has 1 aliphatic heterocycles. The Morgan fingerprint density at radius 2 is 1.90 bits per heavy atom. The molecule has 0 bridgehead atoms. The molecule has 0 spiro atoms. The number of carbonyl (C=O) groups excluding carboxylic acids is 2. The van der Waals surface area contributed by atoms with E-state index in [0.717, 1.165) is 6.42 Å². The predicted molar refractivity (Wildman–Crippen MR) is 78.6 cm³/mol. The zero-order valence-electron chi connectivity index (χ0n) is 13.5. The highest BCUT2D eigenvalue weighted by atomic mass is 16.4. The van der Waals surface area contributed by atoms with Crippen LogP contribution in [-0.4, -0.2) is 58.9 Å². The highest BCUT2D eigenvalue weighted by Gasteiger charge is 2.39. The third-order valence-corrected chi connectivity index (χ3v) is 3.79. The third-order valence-electron chi connectivity index (χ3n) is 3.79. The lowest BCUT2D eigenvalue weighted by Crippen LogP contribution is -2.50. The highest BCUT2D eigenvalue weighted by Crippen LogP contribution is 2.26. The molecular weight excluding hydrogens is 272 g/mol. The molecule has 1 N–H and O–H groups in total. The molecule has 2 atom stereocenters. The van der Waals surface area contributed by atoms with E-state index >= 15 is 0 Å². The minimum absolute atomic E-state index is 0.0296. The molecule has 1 saturated heterocycles. The van der Waals surface area contributed by atoms with Gasteiger partial charge in [0.25, 0.3) is 0 Å². The fourth-order valence-electron chi connectivity index (χ4n) is 2.53. The van der Waals surface area contributed by atoms with Crippen molar-refractivity contribution in [3.63, 3.8) is 0 Å². The van der Waals surface area contributed by atoms with E-state index in [1.54, 1.807) is 18.9 Å². The van der Waals surface area contributed by atoms with Gasteiger partial charge in [-0.25, -0.2) is 0 Å². The first-order valence-electron chi connectivity index (χ1n) is 7.34. The Balaban J connectivity index is 2.76. The largest absolute Gasteiger partial charge is 0.481 e. The zero-order valence-corrected chi connectivity index (χ0v) is 13.5. The number of hydrogen-bond donors (Lipinski definition) is 1. The lowest BCUT2D eigenvalue weighted by atomic mass is 9.94. The van der Waals surface area contributed by atoms with Gasteiger partial charge in [0.15, 0.2) is 0 Å². The monoisotopic (exact) mass is 298 g/mol. The molecule has 2 unspecified atom stereocenters. The first kappa shape index (κ1) is 17.5. The predicted octanol–water partition coefficient (Wildman–Crippen LogP) is 1.20. The van der Waals surface area contributed by atoms with Gasteiger partial charge in [-0.05, 0) is 12.8 Å². The summed E-state index contributed by atoms with van der Waals surface area (Å²) in [5.41, 5.74) is -0.518. The molecule has 0 aromatic heterocycles. The van der Waals surface area contributed by atoms with E-state index in [0.29, 0.717) is 13.0 Å². The van der Waals surface area contributed by atoms with Crippen molar-refractivity contribution in [1.29, 1.82) is 0 Å². The quantitative estimate of drug-likeness (QED) is 0.846. The van der Waals surface area contributed by atoms with E-state index in [1.165, 1.54) is 4.90 Å². The van der Waals surface area contributed by atoms with E-state index in [9.17, 15) is 14.4 Å². The third kappa shape index (κ3) is 4.19. The molecule has 1 aliphatic rings. The second-order valence-electron chi connectivity index (χ2n) is 6.86. The summed E-state index contributed by atoms with van der Waals surface area (Å²) in [5.74, 6) is -1.74. The normalized spacial score (nSPS) is 20.2. The molecular formula is C15H26N2O4. The maximum atomic E-state index is 12.5. The summed E-state index contributed by atoms with van der Waals surface area (Å²) in [6, 6.07) is -0.456. The molecule has 0 radical (unpaired) electrons. The topological polar surface area (TPSA) is 77.9 Å². The minimum Gasteiger partial charge on any atom is -0.481 e. The summed E-state index contributed by atoms with van der Waals surface area (Å²) in [6.45, 7) is 7.83. The molecule has 21 heavy (non-hydrogen) atoms. The Labute approximate surface area is 126 Å². The van der Waals surface area contributed by atoms with Gasteiger partial charge in [-0.3, -0.25) is 14.4 Å². The standard InChI is InChI=1S/C15H26N2O4/c1-10(13(19)20)9-16(5)12(18)11-7-6-8-17(11)14(21)15(2,3)4/h10-11H,6-9H2,1-5H3,(H,19,20). The van der Waals surface area contributed by atoms with E-state index in [1.807, 2.05) is 20.8 Å². The molecule has 120 valence electrons. The number of carboxylic acid groups (broad SMARTS) is 1. The Morgan fingerprint density at radius 1 is 1.33 bits per heavy atom. The zero-order chi connectivity index (χ0) is 16.4. The SMILES string of the molecule is CC(CN(C)C(=O)C1CCCN1C(=O)C(C)(C)C)C(=O)O. The van der Waals surface area contributed by atoms with Gasteiger partial charge in [-0.2, -0.15) is 0 Å². The fourth-order valence-corrected chi connectivity index (χ4v) is 2.53. The van der Waals surface area contributed by atoms with Crippen LogP contribution in [0.5, 0.6) is 0 Å². The van der Waals surface area contributed by atoms with Gasteiger partial charge in [0, 0.05) is 25.6 Å². The number of amides is 2. The van der Waals surface area contributed by atoms with Gasteiger partial charge in [0.1, 0.15) is 6.04 Å². The summed E-state index contributed by atoms with van der Waals surface area (Å²) in [5, 5.41) is 8.92.